The van der Waals surface area contributed by atoms with Crippen molar-refractivity contribution in [3.63, 3.8) is 0 Å². The van der Waals surface area contributed by atoms with Crippen LogP contribution >= 0.6 is 0 Å². The molecule has 0 fully saturated rings. The number of methoxy groups -OCH3 is 5. The van der Waals surface area contributed by atoms with E-state index in [9.17, 15) is 4.79 Å². The first-order valence-electron chi connectivity index (χ1n) is 9.77. The predicted octanol–water partition coefficient (Wildman–Crippen LogP) is 3.59. The van der Waals surface area contributed by atoms with Crippen LogP contribution in [0.5, 0.6) is 28.7 Å². The van der Waals surface area contributed by atoms with Gasteiger partial charge >= 0.3 is 0 Å². The molecule has 2 atom stereocenters. The van der Waals surface area contributed by atoms with E-state index < -0.39 is 0 Å². The molecule has 0 N–H and O–H groups in total. The fraction of sp³-hybridized carbons (Fsp3) is 0.435. The van der Waals surface area contributed by atoms with Crippen LogP contribution in [0.25, 0.3) is 0 Å². The van der Waals surface area contributed by atoms with Gasteiger partial charge in [0, 0.05) is 17.6 Å². The molecule has 3 rings (SSSR count). The summed E-state index contributed by atoms with van der Waals surface area (Å²) in [5, 5.41) is 0. The molecule has 0 aromatic heterocycles. The topological polar surface area (TPSA) is 66.5 Å². The standard InChI is InChI=1S/C23H29NO6/c1-14-21-16(13-20(28-4)22(29-5)23(21)30-6)11-17(24(14)9-10-25)15-7-8-18(26-2)19(12-15)27-3/h7-8,10,12-14,17H,9,11H2,1-6H3. The largest absolute Gasteiger partial charge is 0.493 e. The van der Waals surface area contributed by atoms with E-state index >= 15 is 0 Å². The van der Waals surface area contributed by atoms with Gasteiger partial charge in [0.1, 0.15) is 6.29 Å². The number of benzene rings is 2. The quantitative estimate of drug-likeness (QED) is 0.611. The van der Waals surface area contributed by atoms with Crippen LogP contribution in [0.1, 0.15) is 35.7 Å². The Balaban J connectivity index is 2.16. The molecule has 1 heterocycles. The van der Waals surface area contributed by atoms with E-state index in [0.717, 1.165) is 23.0 Å². The van der Waals surface area contributed by atoms with Crippen molar-refractivity contribution in [2.24, 2.45) is 0 Å². The molecule has 0 bridgehead atoms. The van der Waals surface area contributed by atoms with E-state index in [1.165, 1.54) is 0 Å². The molecule has 7 heteroatoms. The van der Waals surface area contributed by atoms with Gasteiger partial charge in [-0.05, 0) is 42.7 Å². The Morgan fingerprint density at radius 2 is 1.57 bits per heavy atom. The minimum atomic E-state index is -0.0770. The third kappa shape index (κ3) is 3.65. The van der Waals surface area contributed by atoms with Crippen LogP contribution in [-0.4, -0.2) is 53.3 Å². The minimum absolute atomic E-state index is 0.0275. The summed E-state index contributed by atoms with van der Waals surface area (Å²) in [6.07, 6.45) is 1.61. The van der Waals surface area contributed by atoms with Crippen LogP contribution in [0.4, 0.5) is 0 Å². The van der Waals surface area contributed by atoms with Crippen molar-refractivity contribution in [3.8, 4) is 28.7 Å². The van der Waals surface area contributed by atoms with E-state index in [0.29, 0.717) is 35.2 Å². The molecule has 2 aromatic carbocycles. The van der Waals surface area contributed by atoms with Crippen LogP contribution < -0.4 is 23.7 Å². The lowest BCUT2D eigenvalue weighted by molar-refractivity contribution is -0.110. The summed E-state index contributed by atoms with van der Waals surface area (Å²) in [5.41, 5.74) is 3.15. The summed E-state index contributed by atoms with van der Waals surface area (Å²) in [7, 11) is 8.05. The van der Waals surface area contributed by atoms with Gasteiger partial charge in [-0.2, -0.15) is 0 Å². The molecule has 162 valence electrons. The number of ether oxygens (including phenoxy) is 5. The van der Waals surface area contributed by atoms with Crippen molar-refractivity contribution in [1.29, 1.82) is 0 Å². The maximum absolute atomic E-state index is 11.5. The van der Waals surface area contributed by atoms with Crippen LogP contribution in [0.15, 0.2) is 24.3 Å². The number of hydrogen-bond donors (Lipinski definition) is 0. The minimum Gasteiger partial charge on any atom is -0.493 e. The van der Waals surface area contributed by atoms with Gasteiger partial charge in [-0.15, -0.1) is 0 Å². The second-order valence-electron chi connectivity index (χ2n) is 7.09. The molecule has 0 aliphatic carbocycles. The summed E-state index contributed by atoms with van der Waals surface area (Å²) < 4.78 is 27.7. The Morgan fingerprint density at radius 3 is 2.13 bits per heavy atom. The lowest BCUT2D eigenvalue weighted by Crippen LogP contribution is -2.38. The number of carbonyl (C=O) groups is 1. The molecule has 2 aromatic rings. The maximum atomic E-state index is 11.5. The van der Waals surface area contributed by atoms with Crippen molar-refractivity contribution < 1.29 is 28.5 Å². The molecular formula is C23H29NO6. The van der Waals surface area contributed by atoms with Crippen LogP contribution in [0.3, 0.4) is 0 Å². The average Bonchev–Trinajstić information content (AvgIpc) is 2.78. The maximum Gasteiger partial charge on any atom is 0.203 e. The highest BCUT2D eigenvalue weighted by Crippen LogP contribution is 2.51. The van der Waals surface area contributed by atoms with Gasteiger partial charge in [0.25, 0.3) is 0 Å². The first kappa shape index (κ1) is 21.8. The Bertz CT molecular complexity index is 913. The molecule has 0 radical (unpaired) electrons. The molecule has 0 saturated carbocycles. The molecule has 30 heavy (non-hydrogen) atoms. The van der Waals surface area contributed by atoms with Gasteiger partial charge in [0.2, 0.25) is 5.75 Å². The molecule has 1 aliphatic rings. The smallest absolute Gasteiger partial charge is 0.203 e. The second kappa shape index (κ2) is 9.26. The molecule has 2 unspecified atom stereocenters. The predicted molar refractivity (Wildman–Crippen MR) is 113 cm³/mol. The van der Waals surface area contributed by atoms with E-state index in [1.807, 2.05) is 24.3 Å². The first-order valence-corrected chi connectivity index (χ1v) is 9.77. The van der Waals surface area contributed by atoms with Crippen molar-refractivity contribution in [3.05, 3.63) is 41.0 Å². The van der Waals surface area contributed by atoms with Crippen LogP contribution in [0.2, 0.25) is 0 Å². The number of hydrogen-bond acceptors (Lipinski definition) is 7. The van der Waals surface area contributed by atoms with Crippen molar-refractivity contribution in [2.75, 3.05) is 42.1 Å². The molecule has 0 spiro atoms. The Kier molecular flexibility index (Phi) is 6.72. The van der Waals surface area contributed by atoms with E-state index in [2.05, 4.69) is 11.8 Å². The third-order valence-corrected chi connectivity index (χ3v) is 5.76. The van der Waals surface area contributed by atoms with Crippen LogP contribution in [0, 0.1) is 0 Å². The van der Waals surface area contributed by atoms with Crippen molar-refractivity contribution in [2.45, 2.75) is 25.4 Å². The SMILES string of the molecule is COc1ccc(C2Cc3cc(OC)c(OC)c(OC)c3C(C)N2CC=O)cc1OC. The summed E-state index contributed by atoms with van der Waals surface area (Å²) in [5.74, 6) is 3.14. The molecule has 0 saturated heterocycles. The van der Waals surface area contributed by atoms with Gasteiger partial charge in [0.05, 0.1) is 42.1 Å². The Morgan fingerprint density at radius 1 is 0.900 bits per heavy atom. The van der Waals surface area contributed by atoms with Gasteiger partial charge in [0.15, 0.2) is 23.0 Å². The summed E-state index contributed by atoms with van der Waals surface area (Å²) in [4.78, 5) is 13.7. The number of fused-ring (bicyclic) bond motifs is 1. The Hall–Kier alpha value is -2.93. The van der Waals surface area contributed by atoms with E-state index in [-0.39, 0.29) is 18.6 Å². The zero-order valence-electron chi connectivity index (χ0n) is 18.4. The zero-order chi connectivity index (χ0) is 21.8. The van der Waals surface area contributed by atoms with Gasteiger partial charge < -0.3 is 28.5 Å². The molecular weight excluding hydrogens is 386 g/mol. The van der Waals surface area contributed by atoms with Crippen molar-refractivity contribution in [1.82, 2.24) is 4.90 Å². The van der Waals surface area contributed by atoms with Gasteiger partial charge in [-0.3, -0.25) is 4.90 Å². The van der Waals surface area contributed by atoms with E-state index in [4.69, 9.17) is 23.7 Å². The lowest BCUT2D eigenvalue weighted by atomic mass is 9.84. The fourth-order valence-electron chi connectivity index (χ4n) is 4.36. The van der Waals surface area contributed by atoms with Crippen LogP contribution in [-0.2, 0) is 11.2 Å². The highest BCUT2D eigenvalue weighted by atomic mass is 16.5. The fourth-order valence-corrected chi connectivity index (χ4v) is 4.36. The number of rotatable bonds is 8. The highest BCUT2D eigenvalue weighted by molar-refractivity contribution is 5.62. The molecule has 7 nitrogen and oxygen atoms in total. The summed E-state index contributed by atoms with van der Waals surface area (Å²) in [6, 6.07) is 7.77. The van der Waals surface area contributed by atoms with Gasteiger partial charge in [-0.25, -0.2) is 0 Å². The number of nitrogens with zero attached hydrogens (tertiary/aromatic N) is 1. The molecule has 1 aliphatic heterocycles. The third-order valence-electron chi connectivity index (χ3n) is 5.76. The first-order chi connectivity index (χ1) is 14.5. The van der Waals surface area contributed by atoms with E-state index in [1.54, 1.807) is 35.5 Å². The number of carbonyl (C=O) groups excluding carboxylic acids is 1. The van der Waals surface area contributed by atoms with Gasteiger partial charge in [-0.1, -0.05) is 6.07 Å². The summed E-state index contributed by atoms with van der Waals surface area (Å²) >= 11 is 0. The zero-order valence-corrected chi connectivity index (χ0v) is 18.4. The number of aldehydes is 1. The summed E-state index contributed by atoms with van der Waals surface area (Å²) in [6.45, 7) is 2.36. The Labute approximate surface area is 177 Å². The monoisotopic (exact) mass is 415 g/mol. The second-order valence-corrected chi connectivity index (χ2v) is 7.09. The normalized spacial score (nSPS) is 18.3. The average molecular weight is 415 g/mol. The van der Waals surface area contributed by atoms with Crippen molar-refractivity contribution >= 4 is 6.29 Å². The highest BCUT2D eigenvalue weighted by Gasteiger charge is 2.37. The molecule has 0 amide bonds. The lowest BCUT2D eigenvalue weighted by Gasteiger charge is -2.42.